The van der Waals surface area contributed by atoms with Gasteiger partial charge in [0.15, 0.2) is 5.69 Å². The average molecular weight is 338 g/mol. The molecule has 1 aliphatic rings. The molecule has 0 saturated carbocycles. The van der Waals surface area contributed by atoms with Crippen molar-refractivity contribution in [1.29, 1.82) is 0 Å². The first kappa shape index (κ1) is 15.9. The summed E-state index contributed by atoms with van der Waals surface area (Å²) in [6.07, 6.45) is 3.66. The van der Waals surface area contributed by atoms with Gasteiger partial charge in [-0.15, -0.1) is 0 Å². The van der Waals surface area contributed by atoms with Crippen molar-refractivity contribution in [3.8, 4) is 0 Å². The normalized spacial score (nSPS) is 17.5. The highest BCUT2D eigenvalue weighted by molar-refractivity contribution is 5.92. The van der Waals surface area contributed by atoms with Crippen LogP contribution in [0.3, 0.4) is 0 Å². The lowest BCUT2D eigenvalue weighted by molar-refractivity contribution is 0.0718. The maximum atomic E-state index is 12.9. The highest BCUT2D eigenvalue weighted by Gasteiger charge is 2.34. The Morgan fingerprint density at radius 1 is 1.36 bits per heavy atom. The average Bonchev–Trinajstić information content (AvgIpc) is 3.34. The van der Waals surface area contributed by atoms with Crippen LogP contribution in [0, 0.1) is 0 Å². The van der Waals surface area contributed by atoms with E-state index in [2.05, 4.69) is 22.7 Å². The minimum absolute atomic E-state index is 0.0174. The number of fused-ring (bicyclic) bond motifs is 1. The van der Waals surface area contributed by atoms with E-state index < -0.39 is 0 Å². The number of hydrogen-bond donors (Lipinski definition) is 0. The first-order valence-corrected chi connectivity index (χ1v) is 8.87. The molecule has 130 valence electrons. The van der Waals surface area contributed by atoms with Crippen LogP contribution in [0.15, 0.2) is 34.9 Å². The minimum atomic E-state index is -0.0688. The smallest absolute Gasteiger partial charge is 0.276 e. The van der Waals surface area contributed by atoms with Gasteiger partial charge in [-0.25, -0.2) is 4.98 Å². The molecule has 6 nitrogen and oxygen atoms in total. The first-order chi connectivity index (χ1) is 12.2. The number of benzene rings is 1. The minimum Gasteiger partial charge on any atom is -0.361 e. The van der Waals surface area contributed by atoms with E-state index in [1.165, 1.54) is 0 Å². The van der Waals surface area contributed by atoms with Crippen molar-refractivity contribution in [1.82, 2.24) is 19.6 Å². The molecule has 1 amide bonds. The van der Waals surface area contributed by atoms with Crippen LogP contribution in [-0.2, 0) is 13.5 Å². The lowest BCUT2D eigenvalue weighted by Crippen LogP contribution is -2.32. The van der Waals surface area contributed by atoms with E-state index in [1.54, 1.807) is 6.07 Å². The van der Waals surface area contributed by atoms with Crippen molar-refractivity contribution < 1.29 is 9.32 Å². The molecule has 1 aromatic carbocycles. The molecule has 2 aromatic heterocycles. The molecule has 1 atom stereocenters. The number of amides is 1. The Morgan fingerprint density at radius 3 is 3.00 bits per heavy atom. The Hall–Kier alpha value is -2.63. The quantitative estimate of drug-likeness (QED) is 0.730. The molecule has 4 rings (SSSR count). The van der Waals surface area contributed by atoms with Crippen LogP contribution in [0.1, 0.15) is 54.3 Å². The van der Waals surface area contributed by atoms with Crippen LogP contribution in [0.5, 0.6) is 0 Å². The van der Waals surface area contributed by atoms with Crippen molar-refractivity contribution in [3.05, 3.63) is 47.6 Å². The molecule has 0 bridgehead atoms. The van der Waals surface area contributed by atoms with Crippen LogP contribution in [0.4, 0.5) is 0 Å². The fourth-order valence-corrected chi connectivity index (χ4v) is 3.67. The molecule has 0 spiro atoms. The van der Waals surface area contributed by atoms with E-state index in [0.717, 1.165) is 54.8 Å². The fourth-order valence-electron chi connectivity index (χ4n) is 3.67. The Kier molecular flexibility index (Phi) is 4.03. The van der Waals surface area contributed by atoms with E-state index in [-0.39, 0.29) is 11.9 Å². The summed E-state index contributed by atoms with van der Waals surface area (Å²) in [6.45, 7) is 2.80. The van der Waals surface area contributed by atoms with Gasteiger partial charge < -0.3 is 14.0 Å². The number of rotatable bonds is 4. The van der Waals surface area contributed by atoms with Gasteiger partial charge in [-0.1, -0.05) is 24.2 Å². The molecule has 0 unspecified atom stereocenters. The third-order valence-corrected chi connectivity index (χ3v) is 4.91. The highest BCUT2D eigenvalue weighted by atomic mass is 16.5. The van der Waals surface area contributed by atoms with E-state index in [1.807, 2.05) is 30.1 Å². The molecule has 0 N–H and O–H groups in total. The highest BCUT2D eigenvalue weighted by Crippen LogP contribution is 2.33. The number of aromatic nitrogens is 3. The molecule has 0 aliphatic carbocycles. The van der Waals surface area contributed by atoms with E-state index in [0.29, 0.717) is 5.69 Å². The molecule has 25 heavy (non-hydrogen) atoms. The lowest BCUT2D eigenvalue weighted by atomic mass is 10.2. The van der Waals surface area contributed by atoms with Crippen molar-refractivity contribution >= 4 is 16.9 Å². The van der Waals surface area contributed by atoms with Gasteiger partial charge in [0.2, 0.25) is 0 Å². The second-order valence-electron chi connectivity index (χ2n) is 6.60. The standard InChI is InChI=1S/C19H22N4O2/c1-3-7-13-12-15(21-25-13)19(24)23-11-6-10-17(23)18-20-14-8-4-5-9-16(14)22(18)2/h4-5,8-9,12,17H,3,6-7,10-11H2,1-2H3/t17-/m0/s1. The monoisotopic (exact) mass is 338 g/mol. The molecule has 3 heterocycles. The summed E-state index contributed by atoms with van der Waals surface area (Å²) in [6, 6.07) is 9.82. The predicted molar refractivity (Wildman–Crippen MR) is 94.2 cm³/mol. The van der Waals surface area contributed by atoms with Gasteiger partial charge in [0.1, 0.15) is 11.6 Å². The second kappa shape index (κ2) is 6.35. The summed E-state index contributed by atoms with van der Waals surface area (Å²) in [5.41, 5.74) is 2.45. The number of para-hydroxylation sites is 2. The number of hydrogen-bond acceptors (Lipinski definition) is 4. The SMILES string of the molecule is CCCc1cc(C(=O)N2CCC[C@H]2c2nc3ccccc3n2C)no1. The molecule has 0 radical (unpaired) electrons. The van der Waals surface area contributed by atoms with Crippen molar-refractivity contribution in [2.24, 2.45) is 7.05 Å². The van der Waals surface area contributed by atoms with Crippen molar-refractivity contribution in [2.75, 3.05) is 6.54 Å². The van der Waals surface area contributed by atoms with E-state index in [4.69, 9.17) is 9.51 Å². The van der Waals surface area contributed by atoms with Crippen LogP contribution in [-0.4, -0.2) is 32.1 Å². The Labute approximate surface area is 146 Å². The molecule has 1 saturated heterocycles. The number of imidazole rings is 1. The van der Waals surface area contributed by atoms with Crippen LogP contribution in [0.25, 0.3) is 11.0 Å². The van der Waals surface area contributed by atoms with Crippen LogP contribution in [0.2, 0.25) is 0 Å². The summed E-state index contributed by atoms with van der Waals surface area (Å²) in [5.74, 6) is 1.63. The van der Waals surface area contributed by atoms with Crippen molar-refractivity contribution in [2.45, 2.75) is 38.6 Å². The summed E-state index contributed by atoms with van der Waals surface area (Å²) in [7, 11) is 2.01. The van der Waals surface area contributed by atoms with Gasteiger partial charge >= 0.3 is 0 Å². The molecular formula is C19H22N4O2. The number of carbonyl (C=O) groups excluding carboxylic acids is 1. The van der Waals surface area contributed by atoms with Crippen LogP contribution < -0.4 is 0 Å². The predicted octanol–water partition coefficient (Wildman–Crippen LogP) is 3.49. The van der Waals surface area contributed by atoms with Crippen molar-refractivity contribution in [3.63, 3.8) is 0 Å². The van der Waals surface area contributed by atoms with E-state index >= 15 is 0 Å². The summed E-state index contributed by atoms with van der Waals surface area (Å²) in [4.78, 5) is 19.6. The third kappa shape index (κ3) is 2.71. The van der Waals surface area contributed by atoms with Gasteiger partial charge in [-0.2, -0.15) is 0 Å². The maximum Gasteiger partial charge on any atom is 0.276 e. The number of aryl methyl sites for hydroxylation is 2. The zero-order valence-electron chi connectivity index (χ0n) is 14.6. The van der Waals surface area contributed by atoms with Gasteiger partial charge in [0.25, 0.3) is 5.91 Å². The summed E-state index contributed by atoms with van der Waals surface area (Å²) < 4.78 is 7.37. The molecule has 1 aliphatic heterocycles. The number of carbonyl (C=O) groups is 1. The third-order valence-electron chi connectivity index (χ3n) is 4.91. The molecule has 3 aromatic rings. The zero-order valence-corrected chi connectivity index (χ0v) is 14.6. The van der Waals surface area contributed by atoms with Gasteiger partial charge in [-0.05, 0) is 31.4 Å². The van der Waals surface area contributed by atoms with Gasteiger partial charge in [0, 0.05) is 26.1 Å². The van der Waals surface area contributed by atoms with Crippen LogP contribution >= 0.6 is 0 Å². The Morgan fingerprint density at radius 2 is 2.20 bits per heavy atom. The van der Waals surface area contributed by atoms with E-state index in [9.17, 15) is 4.79 Å². The summed E-state index contributed by atoms with van der Waals surface area (Å²) >= 11 is 0. The number of nitrogens with zero attached hydrogens (tertiary/aromatic N) is 4. The maximum absolute atomic E-state index is 12.9. The van der Waals surface area contributed by atoms with Gasteiger partial charge in [0.05, 0.1) is 17.1 Å². The molecule has 6 heteroatoms. The summed E-state index contributed by atoms with van der Waals surface area (Å²) in [5, 5.41) is 3.98. The second-order valence-corrected chi connectivity index (χ2v) is 6.60. The lowest BCUT2D eigenvalue weighted by Gasteiger charge is -2.23. The molecular weight excluding hydrogens is 316 g/mol. The molecule has 1 fully saturated rings. The zero-order chi connectivity index (χ0) is 17.4. The first-order valence-electron chi connectivity index (χ1n) is 8.87. The topological polar surface area (TPSA) is 64.2 Å². The number of likely N-dealkylation sites (tertiary alicyclic amines) is 1. The fraction of sp³-hybridized carbons (Fsp3) is 0.421. The Bertz CT molecular complexity index is 911. The Balaban J connectivity index is 1.65. The largest absolute Gasteiger partial charge is 0.361 e. The van der Waals surface area contributed by atoms with Gasteiger partial charge in [-0.3, -0.25) is 4.79 Å².